The van der Waals surface area contributed by atoms with Crippen molar-refractivity contribution in [2.24, 2.45) is 5.41 Å². The molecule has 3 rings (SSSR count). The number of rotatable bonds is 14. The number of nitriles is 1. The van der Waals surface area contributed by atoms with Gasteiger partial charge in [-0.25, -0.2) is 4.79 Å². The minimum absolute atomic E-state index is 0.0934. The summed E-state index contributed by atoms with van der Waals surface area (Å²) in [5.74, 6) is 0.623. The molecule has 0 aliphatic heterocycles. The summed E-state index contributed by atoms with van der Waals surface area (Å²) in [6.07, 6.45) is 13.8. The van der Waals surface area contributed by atoms with Crippen molar-refractivity contribution in [3.8, 4) is 22.9 Å². The summed E-state index contributed by atoms with van der Waals surface area (Å²) in [5.41, 5.74) is 2.49. The van der Waals surface area contributed by atoms with Gasteiger partial charge in [-0.3, -0.25) is 0 Å². The van der Waals surface area contributed by atoms with Crippen LogP contribution in [0.2, 0.25) is 0 Å². The Balaban J connectivity index is 1.44. The average Bonchev–Trinajstić information content (AvgIpc) is 2.93. The Morgan fingerprint density at radius 2 is 1.44 bits per heavy atom. The Labute approximate surface area is 218 Å². The Morgan fingerprint density at radius 1 is 0.861 bits per heavy atom. The molecule has 0 spiro atoms. The lowest BCUT2D eigenvalue weighted by molar-refractivity contribution is 0.0105. The van der Waals surface area contributed by atoms with Crippen LogP contribution in [0.1, 0.15) is 108 Å². The first-order valence-electron chi connectivity index (χ1n) is 14.0. The molecule has 1 saturated carbocycles. The monoisotopic (exact) mass is 489 g/mol. The lowest BCUT2D eigenvalue weighted by atomic mass is 9.71. The Morgan fingerprint density at radius 3 is 2.06 bits per heavy atom. The molecule has 0 N–H and O–H groups in total. The molecule has 1 fully saturated rings. The Bertz CT molecular complexity index is 950. The lowest BCUT2D eigenvalue weighted by Crippen LogP contribution is -2.31. The molecule has 1 aliphatic rings. The van der Waals surface area contributed by atoms with Gasteiger partial charge in [-0.15, -0.1) is 0 Å². The maximum Gasteiger partial charge on any atom is 0.338 e. The first-order valence-corrected chi connectivity index (χ1v) is 14.0. The quantitative estimate of drug-likeness (QED) is 0.196. The minimum atomic E-state index is -0.275. The summed E-state index contributed by atoms with van der Waals surface area (Å²) in [4.78, 5) is 12.7. The fraction of sp³-hybridized carbons (Fsp3) is 0.562. The fourth-order valence-electron chi connectivity index (χ4n) is 5.03. The second kappa shape index (κ2) is 14.7. The second-order valence-corrected chi connectivity index (χ2v) is 10.3. The van der Waals surface area contributed by atoms with Crippen LogP contribution in [-0.2, 0) is 4.74 Å². The van der Waals surface area contributed by atoms with E-state index in [1.54, 1.807) is 0 Å². The van der Waals surface area contributed by atoms with Gasteiger partial charge >= 0.3 is 5.97 Å². The molecule has 36 heavy (non-hydrogen) atoms. The highest BCUT2D eigenvalue weighted by molar-refractivity contribution is 5.90. The van der Waals surface area contributed by atoms with Crippen molar-refractivity contribution in [3.05, 3.63) is 54.1 Å². The van der Waals surface area contributed by atoms with E-state index in [4.69, 9.17) is 9.47 Å². The zero-order chi connectivity index (χ0) is 25.6. The van der Waals surface area contributed by atoms with E-state index in [1.165, 1.54) is 32.1 Å². The molecule has 4 heteroatoms. The maximum atomic E-state index is 12.7. The van der Waals surface area contributed by atoms with Crippen LogP contribution in [-0.4, -0.2) is 18.7 Å². The first kappa shape index (κ1) is 27.8. The lowest BCUT2D eigenvalue weighted by Gasteiger charge is -2.34. The van der Waals surface area contributed by atoms with Crippen molar-refractivity contribution in [1.29, 1.82) is 5.26 Å². The summed E-state index contributed by atoms with van der Waals surface area (Å²) in [6, 6.07) is 18.3. The molecular formula is C32H43NO3. The molecule has 0 aromatic heterocycles. The zero-order valence-electron chi connectivity index (χ0n) is 22.3. The van der Waals surface area contributed by atoms with Gasteiger partial charge in [0.15, 0.2) is 0 Å². The molecule has 0 unspecified atom stereocenters. The molecule has 1 aliphatic carbocycles. The summed E-state index contributed by atoms with van der Waals surface area (Å²) in [6.45, 7) is 5.16. The molecule has 0 amide bonds. The van der Waals surface area contributed by atoms with Crippen molar-refractivity contribution in [2.45, 2.75) is 103 Å². The molecule has 0 atom stereocenters. The summed E-state index contributed by atoms with van der Waals surface area (Å²) in [5, 5.41) is 9.67. The van der Waals surface area contributed by atoms with E-state index in [0.717, 1.165) is 74.8 Å². The van der Waals surface area contributed by atoms with Gasteiger partial charge in [0.05, 0.1) is 23.7 Å². The number of hydrogen-bond donors (Lipinski definition) is 0. The van der Waals surface area contributed by atoms with E-state index in [1.807, 2.05) is 36.4 Å². The molecule has 4 nitrogen and oxygen atoms in total. The largest absolute Gasteiger partial charge is 0.494 e. The van der Waals surface area contributed by atoms with E-state index in [0.29, 0.717) is 5.56 Å². The predicted octanol–water partition coefficient (Wildman–Crippen LogP) is 8.89. The van der Waals surface area contributed by atoms with E-state index in [2.05, 4.69) is 32.0 Å². The van der Waals surface area contributed by atoms with Crippen LogP contribution in [0.3, 0.4) is 0 Å². The highest BCUT2D eigenvalue weighted by atomic mass is 16.5. The van der Waals surface area contributed by atoms with Crippen LogP contribution < -0.4 is 4.74 Å². The van der Waals surface area contributed by atoms with Gasteiger partial charge in [-0.05, 0) is 73.9 Å². The standard InChI is InChI=1S/C32H43NO3/c1-3-5-7-8-9-10-24-35-29-17-15-27(16-18-29)26-11-13-28(14-12-26)31(34)36-30-19-22-32(25-33,23-20-30)21-6-4-2/h11-18,30H,3-10,19-24H2,1-2H3/t30-,32-. The minimum Gasteiger partial charge on any atom is -0.494 e. The number of carbonyl (C=O) groups is 1. The molecule has 0 radical (unpaired) electrons. The summed E-state index contributed by atoms with van der Waals surface area (Å²) in [7, 11) is 0. The Kier molecular flexibility index (Phi) is 11.3. The molecule has 0 saturated heterocycles. The van der Waals surface area contributed by atoms with Gasteiger partial charge in [0.25, 0.3) is 0 Å². The maximum absolute atomic E-state index is 12.7. The van der Waals surface area contributed by atoms with Crippen molar-refractivity contribution < 1.29 is 14.3 Å². The van der Waals surface area contributed by atoms with Crippen molar-refractivity contribution in [2.75, 3.05) is 6.61 Å². The number of esters is 1. The number of hydrogen-bond acceptors (Lipinski definition) is 4. The number of carbonyl (C=O) groups excluding carboxylic acids is 1. The SMILES string of the molecule is CCCCCCCCOc1ccc(-c2ccc(C(=O)O[C@H]3CC[C@@](C#N)(CCCC)CC3)cc2)cc1. The molecule has 2 aromatic rings. The number of benzene rings is 2. The normalized spacial score (nSPS) is 19.4. The molecule has 2 aromatic carbocycles. The predicted molar refractivity (Wildman–Crippen MR) is 146 cm³/mol. The van der Waals surface area contributed by atoms with Crippen molar-refractivity contribution >= 4 is 5.97 Å². The van der Waals surface area contributed by atoms with E-state index >= 15 is 0 Å². The number of nitrogens with zero attached hydrogens (tertiary/aromatic N) is 1. The van der Waals surface area contributed by atoms with Crippen LogP contribution >= 0.6 is 0 Å². The first-order chi connectivity index (χ1) is 17.6. The van der Waals surface area contributed by atoms with Crippen LogP contribution in [0, 0.1) is 16.7 Å². The molecule has 194 valence electrons. The van der Waals surface area contributed by atoms with Gasteiger partial charge in [0.1, 0.15) is 11.9 Å². The van der Waals surface area contributed by atoms with Crippen LogP contribution in [0.25, 0.3) is 11.1 Å². The van der Waals surface area contributed by atoms with E-state index in [9.17, 15) is 10.1 Å². The third-order valence-corrected chi connectivity index (χ3v) is 7.48. The van der Waals surface area contributed by atoms with Gasteiger partial charge in [0, 0.05) is 0 Å². The topological polar surface area (TPSA) is 59.3 Å². The Hall–Kier alpha value is -2.80. The van der Waals surface area contributed by atoms with Gasteiger partial charge in [-0.1, -0.05) is 83.1 Å². The summed E-state index contributed by atoms with van der Waals surface area (Å²) >= 11 is 0. The van der Waals surface area contributed by atoms with Crippen molar-refractivity contribution in [1.82, 2.24) is 0 Å². The van der Waals surface area contributed by atoms with Crippen LogP contribution in [0.5, 0.6) is 5.75 Å². The van der Waals surface area contributed by atoms with Gasteiger partial charge in [0.2, 0.25) is 0 Å². The molecule has 0 heterocycles. The third-order valence-electron chi connectivity index (χ3n) is 7.48. The van der Waals surface area contributed by atoms with Crippen LogP contribution in [0.4, 0.5) is 0 Å². The smallest absolute Gasteiger partial charge is 0.338 e. The fourth-order valence-corrected chi connectivity index (χ4v) is 5.03. The second-order valence-electron chi connectivity index (χ2n) is 10.3. The summed E-state index contributed by atoms with van der Waals surface area (Å²) < 4.78 is 11.7. The highest BCUT2D eigenvalue weighted by Crippen LogP contribution is 2.41. The van der Waals surface area contributed by atoms with Gasteiger partial charge < -0.3 is 9.47 Å². The highest BCUT2D eigenvalue weighted by Gasteiger charge is 2.36. The van der Waals surface area contributed by atoms with E-state index in [-0.39, 0.29) is 17.5 Å². The number of unbranched alkanes of at least 4 members (excludes halogenated alkanes) is 6. The third kappa shape index (κ3) is 8.40. The van der Waals surface area contributed by atoms with Gasteiger partial charge in [-0.2, -0.15) is 5.26 Å². The zero-order valence-corrected chi connectivity index (χ0v) is 22.3. The van der Waals surface area contributed by atoms with E-state index < -0.39 is 0 Å². The van der Waals surface area contributed by atoms with Crippen molar-refractivity contribution in [3.63, 3.8) is 0 Å². The molecule has 0 bridgehead atoms. The average molecular weight is 490 g/mol. The van der Waals surface area contributed by atoms with Crippen LogP contribution in [0.15, 0.2) is 48.5 Å². The molecular weight excluding hydrogens is 446 g/mol. The number of ether oxygens (including phenoxy) is 2.